The Morgan fingerprint density at radius 1 is 1.11 bits per heavy atom. The fraction of sp³-hybridized carbons (Fsp3) is 0.368. The topological polar surface area (TPSA) is 62.6 Å². The van der Waals surface area contributed by atoms with Gasteiger partial charge in [0.05, 0.1) is 12.9 Å². The molecule has 1 fully saturated rings. The monoisotopic (exact) mass is 385 g/mol. The van der Waals surface area contributed by atoms with E-state index in [-0.39, 0.29) is 0 Å². The Morgan fingerprint density at radius 2 is 1.85 bits per heavy atom. The average molecular weight is 385 g/mol. The van der Waals surface area contributed by atoms with Gasteiger partial charge in [0.15, 0.2) is 16.4 Å². The molecule has 7 nitrogen and oxygen atoms in total. The number of aromatic hydroxyl groups is 1. The molecule has 4 rings (SSSR count). The highest BCUT2D eigenvalue weighted by molar-refractivity contribution is 7.71. The molecule has 0 atom stereocenters. The number of anilines is 1. The Kier molecular flexibility index (Phi) is 5.00. The predicted molar refractivity (Wildman–Crippen MR) is 106 cm³/mol. The van der Waals surface area contributed by atoms with E-state index in [0.717, 1.165) is 50.0 Å². The molecule has 1 aliphatic heterocycles. The number of nitrogens with zero attached hydrogens (tertiary/aromatic N) is 5. The predicted octanol–water partition coefficient (Wildman–Crippen LogP) is 3.18. The summed E-state index contributed by atoms with van der Waals surface area (Å²) in [6, 6.07) is 11.1. The van der Waals surface area contributed by atoms with E-state index >= 15 is 0 Å². The van der Waals surface area contributed by atoms with Crippen LogP contribution in [0.3, 0.4) is 0 Å². The van der Waals surface area contributed by atoms with E-state index in [1.54, 1.807) is 18.4 Å². The van der Waals surface area contributed by atoms with Crippen LogP contribution in [0.5, 0.6) is 5.75 Å². The zero-order valence-electron chi connectivity index (χ0n) is 15.3. The summed E-state index contributed by atoms with van der Waals surface area (Å²) in [5, 5.41) is 14.1. The van der Waals surface area contributed by atoms with E-state index in [1.165, 1.54) is 0 Å². The number of rotatable bonds is 5. The molecule has 1 aromatic carbocycles. The maximum absolute atomic E-state index is 9.45. The minimum Gasteiger partial charge on any atom is -0.508 e. The van der Waals surface area contributed by atoms with Gasteiger partial charge in [0, 0.05) is 38.4 Å². The van der Waals surface area contributed by atoms with E-state index in [0.29, 0.717) is 17.2 Å². The standard InChI is InChI=1S/C19H23N5O2S/c1-2-23-18(17-4-3-13-26-17)20-24(19(23)27)14-21-9-11-22(12-10-21)15-5-7-16(25)8-6-15/h3-8,13,25H,2,9-12,14H2,1H3. The van der Waals surface area contributed by atoms with Crippen LogP contribution in [-0.2, 0) is 13.2 Å². The van der Waals surface area contributed by atoms with Crippen LogP contribution in [0.4, 0.5) is 5.69 Å². The van der Waals surface area contributed by atoms with Crippen molar-refractivity contribution in [3.63, 3.8) is 0 Å². The lowest BCUT2D eigenvalue weighted by atomic mass is 10.2. The molecule has 3 heterocycles. The quantitative estimate of drug-likeness (QED) is 0.681. The molecule has 27 heavy (non-hydrogen) atoms. The van der Waals surface area contributed by atoms with Gasteiger partial charge in [-0.05, 0) is 55.5 Å². The molecule has 0 bridgehead atoms. The molecule has 0 unspecified atom stereocenters. The van der Waals surface area contributed by atoms with E-state index in [2.05, 4.69) is 16.7 Å². The van der Waals surface area contributed by atoms with E-state index in [9.17, 15) is 5.11 Å². The van der Waals surface area contributed by atoms with Crippen LogP contribution >= 0.6 is 12.2 Å². The second-order valence-electron chi connectivity index (χ2n) is 6.59. The van der Waals surface area contributed by atoms with Crippen molar-refractivity contribution in [2.75, 3.05) is 31.1 Å². The highest BCUT2D eigenvalue weighted by Crippen LogP contribution is 2.21. The Morgan fingerprint density at radius 3 is 2.48 bits per heavy atom. The van der Waals surface area contributed by atoms with E-state index in [1.807, 2.05) is 33.5 Å². The number of hydrogen-bond donors (Lipinski definition) is 1. The summed E-state index contributed by atoms with van der Waals surface area (Å²) in [5.41, 5.74) is 1.14. The normalized spacial score (nSPS) is 15.4. The smallest absolute Gasteiger partial charge is 0.199 e. The summed E-state index contributed by atoms with van der Waals surface area (Å²) >= 11 is 5.63. The zero-order chi connectivity index (χ0) is 18.8. The molecule has 0 aliphatic carbocycles. The third kappa shape index (κ3) is 3.63. The SMILES string of the molecule is CCn1c(-c2ccco2)nn(CN2CCN(c3ccc(O)cc3)CC2)c1=S. The summed E-state index contributed by atoms with van der Waals surface area (Å²) in [6.45, 7) is 7.20. The van der Waals surface area contributed by atoms with Crippen molar-refractivity contribution in [2.24, 2.45) is 0 Å². The first-order valence-electron chi connectivity index (χ1n) is 9.13. The number of benzene rings is 1. The molecule has 1 saturated heterocycles. The number of phenolic OH excluding ortho intramolecular Hbond substituents is 1. The second kappa shape index (κ2) is 7.58. The Balaban J connectivity index is 1.45. The summed E-state index contributed by atoms with van der Waals surface area (Å²) in [4.78, 5) is 4.68. The fourth-order valence-corrected chi connectivity index (χ4v) is 3.72. The molecule has 2 aromatic heterocycles. The minimum atomic E-state index is 0.297. The maximum atomic E-state index is 9.45. The van der Waals surface area contributed by atoms with Crippen molar-refractivity contribution >= 4 is 17.9 Å². The maximum Gasteiger partial charge on any atom is 0.199 e. The number of hydrogen-bond acceptors (Lipinski definition) is 6. The van der Waals surface area contributed by atoms with Crippen LogP contribution < -0.4 is 4.90 Å². The molecule has 8 heteroatoms. The van der Waals surface area contributed by atoms with Crippen LogP contribution in [0.1, 0.15) is 6.92 Å². The largest absolute Gasteiger partial charge is 0.508 e. The van der Waals surface area contributed by atoms with Gasteiger partial charge >= 0.3 is 0 Å². The summed E-state index contributed by atoms with van der Waals surface area (Å²) in [7, 11) is 0. The molecule has 1 N–H and O–H groups in total. The minimum absolute atomic E-state index is 0.297. The van der Waals surface area contributed by atoms with Gasteiger partial charge in [-0.3, -0.25) is 9.47 Å². The summed E-state index contributed by atoms with van der Waals surface area (Å²) in [6.07, 6.45) is 1.65. The highest BCUT2D eigenvalue weighted by atomic mass is 32.1. The number of piperazine rings is 1. The van der Waals surface area contributed by atoms with Crippen molar-refractivity contribution < 1.29 is 9.52 Å². The molecule has 0 radical (unpaired) electrons. The summed E-state index contributed by atoms with van der Waals surface area (Å²) in [5.74, 6) is 1.81. The fourth-order valence-electron chi connectivity index (χ4n) is 3.41. The first-order chi connectivity index (χ1) is 13.2. The van der Waals surface area contributed by atoms with Gasteiger partial charge in [0.2, 0.25) is 0 Å². The van der Waals surface area contributed by atoms with Gasteiger partial charge in [0.25, 0.3) is 0 Å². The van der Waals surface area contributed by atoms with Gasteiger partial charge in [-0.15, -0.1) is 5.10 Å². The van der Waals surface area contributed by atoms with Gasteiger partial charge in [-0.1, -0.05) is 0 Å². The zero-order valence-corrected chi connectivity index (χ0v) is 16.1. The molecule has 142 valence electrons. The molecule has 0 amide bonds. The lowest BCUT2D eigenvalue weighted by Crippen LogP contribution is -2.47. The van der Waals surface area contributed by atoms with E-state index in [4.69, 9.17) is 21.7 Å². The summed E-state index contributed by atoms with van der Waals surface area (Å²) < 4.78 is 10.1. The van der Waals surface area contributed by atoms with Crippen LogP contribution in [0.15, 0.2) is 47.1 Å². The van der Waals surface area contributed by atoms with Crippen LogP contribution in [-0.4, -0.2) is 50.5 Å². The number of aromatic nitrogens is 3. The second-order valence-corrected chi connectivity index (χ2v) is 6.96. The van der Waals surface area contributed by atoms with Gasteiger partial charge in [-0.2, -0.15) is 0 Å². The lowest BCUT2D eigenvalue weighted by Gasteiger charge is -2.35. The molecular weight excluding hydrogens is 362 g/mol. The van der Waals surface area contributed by atoms with Crippen molar-refractivity contribution in [3.05, 3.63) is 47.4 Å². The average Bonchev–Trinajstić information content (AvgIpc) is 3.32. The van der Waals surface area contributed by atoms with Crippen molar-refractivity contribution in [1.29, 1.82) is 0 Å². The highest BCUT2D eigenvalue weighted by Gasteiger charge is 2.20. The molecule has 1 aliphatic rings. The van der Waals surface area contributed by atoms with Crippen LogP contribution in [0.2, 0.25) is 0 Å². The molecule has 0 spiro atoms. The van der Waals surface area contributed by atoms with Crippen molar-refractivity contribution in [2.45, 2.75) is 20.1 Å². The third-order valence-electron chi connectivity index (χ3n) is 4.90. The first-order valence-corrected chi connectivity index (χ1v) is 9.54. The molecule has 3 aromatic rings. The number of furan rings is 1. The van der Waals surface area contributed by atoms with Gasteiger partial charge in [-0.25, -0.2) is 4.68 Å². The third-order valence-corrected chi connectivity index (χ3v) is 5.33. The Bertz CT molecular complexity index is 938. The van der Waals surface area contributed by atoms with Crippen molar-refractivity contribution in [3.8, 4) is 17.3 Å². The van der Waals surface area contributed by atoms with Crippen LogP contribution in [0, 0.1) is 4.77 Å². The molecular formula is C19H23N5O2S. The first kappa shape index (κ1) is 17.8. The van der Waals surface area contributed by atoms with Gasteiger partial charge in [0.1, 0.15) is 5.75 Å². The Labute approximate surface area is 163 Å². The Hall–Kier alpha value is -2.58. The van der Waals surface area contributed by atoms with E-state index < -0.39 is 0 Å². The number of phenols is 1. The van der Waals surface area contributed by atoms with Gasteiger partial charge < -0.3 is 14.4 Å². The lowest BCUT2D eigenvalue weighted by molar-refractivity contribution is 0.194. The molecule has 0 saturated carbocycles. The van der Waals surface area contributed by atoms with Crippen molar-refractivity contribution in [1.82, 2.24) is 19.2 Å². The van der Waals surface area contributed by atoms with Crippen LogP contribution in [0.25, 0.3) is 11.6 Å².